The standard InChI is InChI=1S/C9H7NO4/c11-8-4-5-6(10-8)2-1-3-7(5)14-9(12)13/h1-3H,4H2,(H,10,11)(H,12,13). The number of benzene rings is 1. The summed E-state index contributed by atoms with van der Waals surface area (Å²) in [6, 6.07) is 4.85. The first-order chi connectivity index (χ1) is 6.66. The van der Waals surface area contributed by atoms with Gasteiger partial charge in [-0.2, -0.15) is 0 Å². The van der Waals surface area contributed by atoms with Crippen LogP contribution in [0.15, 0.2) is 18.2 Å². The number of hydrogen-bond acceptors (Lipinski definition) is 3. The fraction of sp³-hybridized carbons (Fsp3) is 0.111. The summed E-state index contributed by atoms with van der Waals surface area (Å²) in [4.78, 5) is 21.3. The van der Waals surface area contributed by atoms with E-state index in [1.807, 2.05) is 0 Å². The molecule has 0 fully saturated rings. The molecule has 1 aliphatic rings. The number of carboxylic acid groups (broad SMARTS) is 1. The largest absolute Gasteiger partial charge is 0.511 e. The van der Waals surface area contributed by atoms with Gasteiger partial charge in [-0.25, -0.2) is 4.79 Å². The second-order valence-corrected chi connectivity index (χ2v) is 2.88. The predicted octanol–water partition coefficient (Wildman–Crippen LogP) is 1.24. The first-order valence-electron chi connectivity index (χ1n) is 3.99. The van der Waals surface area contributed by atoms with Crippen LogP contribution in [-0.2, 0) is 11.2 Å². The molecule has 1 heterocycles. The van der Waals surface area contributed by atoms with Gasteiger partial charge < -0.3 is 15.2 Å². The summed E-state index contributed by atoms with van der Waals surface area (Å²) in [5.74, 6) is 0.0646. The molecule has 0 bridgehead atoms. The van der Waals surface area contributed by atoms with Gasteiger partial charge in [0.2, 0.25) is 5.91 Å². The SMILES string of the molecule is O=C1Cc2c(cccc2OC(=O)O)N1. The van der Waals surface area contributed by atoms with E-state index in [4.69, 9.17) is 5.11 Å². The van der Waals surface area contributed by atoms with Gasteiger partial charge in [-0.1, -0.05) is 6.07 Å². The lowest BCUT2D eigenvalue weighted by atomic mass is 10.1. The molecule has 72 valence electrons. The Hall–Kier alpha value is -2.04. The lowest BCUT2D eigenvalue weighted by Gasteiger charge is -2.04. The molecule has 1 aromatic carbocycles. The van der Waals surface area contributed by atoms with Crippen LogP contribution in [0.1, 0.15) is 5.56 Å². The zero-order valence-electron chi connectivity index (χ0n) is 7.11. The van der Waals surface area contributed by atoms with Gasteiger partial charge in [-0.3, -0.25) is 4.79 Å². The highest BCUT2D eigenvalue weighted by Crippen LogP contribution is 2.31. The van der Waals surface area contributed by atoms with Crippen molar-refractivity contribution >= 4 is 17.7 Å². The Bertz CT molecular complexity index is 413. The highest BCUT2D eigenvalue weighted by molar-refractivity contribution is 6.00. The average molecular weight is 193 g/mol. The Balaban J connectivity index is 2.39. The topological polar surface area (TPSA) is 75.6 Å². The van der Waals surface area contributed by atoms with Gasteiger partial charge in [0.1, 0.15) is 5.75 Å². The second kappa shape index (κ2) is 3.02. The lowest BCUT2D eigenvalue weighted by Crippen LogP contribution is -2.05. The van der Waals surface area contributed by atoms with E-state index >= 15 is 0 Å². The number of ether oxygens (including phenoxy) is 1. The van der Waals surface area contributed by atoms with E-state index in [-0.39, 0.29) is 18.1 Å². The summed E-state index contributed by atoms with van der Waals surface area (Å²) in [5, 5.41) is 11.0. The zero-order chi connectivity index (χ0) is 10.1. The Morgan fingerprint density at radius 2 is 2.29 bits per heavy atom. The molecular weight excluding hydrogens is 186 g/mol. The number of fused-ring (bicyclic) bond motifs is 1. The molecule has 0 aromatic heterocycles. The number of nitrogens with one attached hydrogen (secondary N) is 1. The van der Waals surface area contributed by atoms with Gasteiger partial charge >= 0.3 is 6.16 Å². The van der Waals surface area contributed by atoms with Crippen LogP contribution in [-0.4, -0.2) is 17.2 Å². The molecule has 0 aliphatic carbocycles. The first kappa shape index (κ1) is 8.55. The van der Waals surface area contributed by atoms with E-state index in [9.17, 15) is 9.59 Å². The molecule has 5 heteroatoms. The number of carbonyl (C=O) groups excluding carboxylic acids is 1. The molecule has 2 rings (SSSR count). The number of rotatable bonds is 1. The van der Waals surface area contributed by atoms with Gasteiger partial charge in [0.25, 0.3) is 0 Å². The van der Waals surface area contributed by atoms with Gasteiger partial charge in [0, 0.05) is 11.3 Å². The molecule has 0 spiro atoms. The van der Waals surface area contributed by atoms with Crippen LogP contribution in [0.4, 0.5) is 10.5 Å². The van der Waals surface area contributed by atoms with Crippen molar-refractivity contribution in [1.82, 2.24) is 0 Å². The number of anilines is 1. The van der Waals surface area contributed by atoms with Crippen molar-refractivity contribution in [2.75, 3.05) is 5.32 Å². The fourth-order valence-corrected chi connectivity index (χ4v) is 1.41. The van der Waals surface area contributed by atoms with E-state index in [0.29, 0.717) is 11.3 Å². The summed E-state index contributed by atoms with van der Waals surface area (Å²) in [5.41, 5.74) is 1.22. The molecule has 2 N–H and O–H groups in total. The van der Waals surface area contributed by atoms with Crippen molar-refractivity contribution < 1.29 is 19.4 Å². The Labute approximate surface area is 79.3 Å². The number of carbonyl (C=O) groups is 2. The normalized spacial score (nSPS) is 13.3. The maximum Gasteiger partial charge on any atom is 0.511 e. The van der Waals surface area contributed by atoms with Crippen LogP contribution >= 0.6 is 0 Å². The summed E-state index contributed by atoms with van der Waals surface area (Å²) in [6.07, 6.45) is -1.21. The molecule has 1 aliphatic heterocycles. The molecule has 5 nitrogen and oxygen atoms in total. The van der Waals surface area contributed by atoms with Crippen molar-refractivity contribution in [2.45, 2.75) is 6.42 Å². The molecule has 0 unspecified atom stereocenters. The van der Waals surface area contributed by atoms with Crippen LogP contribution in [0.25, 0.3) is 0 Å². The molecule has 1 amide bonds. The van der Waals surface area contributed by atoms with Gasteiger partial charge in [-0.05, 0) is 12.1 Å². The predicted molar refractivity (Wildman–Crippen MR) is 47.4 cm³/mol. The molecule has 14 heavy (non-hydrogen) atoms. The third kappa shape index (κ3) is 1.39. The van der Waals surface area contributed by atoms with Crippen LogP contribution in [0, 0.1) is 0 Å². The van der Waals surface area contributed by atoms with Crippen molar-refractivity contribution in [3.63, 3.8) is 0 Å². The van der Waals surface area contributed by atoms with Crippen LogP contribution in [0.3, 0.4) is 0 Å². The van der Waals surface area contributed by atoms with E-state index in [1.165, 1.54) is 6.07 Å². The molecule has 1 aromatic rings. The fourth-order valence-electron chi connectivity index (χ4n) is 1.41. The molecule has 0 saturated carbocycles. The summed E-state index contributed by atoms with van der Waals surface area (Å²) in [6.45, 7) is 0. The maximum atomic E-state index is 11.0. The molecule has 0 saturated heterocycles. The molecular formula is C9H7NO4. The zero-order valence-corrected chi connectivity index (χ0v) is 7.11. The first-order valence-corrected chi connectivity index (χ1v) is 3.99. The number of amides is 1. The highest BCUT2D eigenvalue weighted by Gasteiger charge is 2.22. The summed E-state index contributed by atoms with van der Waals surface area (Å²) < 4.78 is 4.53. The lowest BCUT2D eigenvalue weighted by molar-refractivity contribution is -0.115. The minimum atomic E-state index is -1.38. The van der Waals surface area contributed by atoms with E-state index < -0.39 is 6.16 Å². The monoisotopic (exact) mass is 193 g/mol. The minimum Gasteiger partial charge on any atom is -0.449 e. The Morgan fingerprint density at radius 3 is 3.00 bits per heavy atom. The Morgan fingerprint density at radius 1 is 1.50 bits per heavy atom. The van der Waals surface area contributed by atoms with Crippen molar-refractivity contribution in [3.8, 4) is 5.75 Å². The van der Waals surface area contributed by atoms with Gasteiger partial charge in [0.05, 0.1) is 6.42 Å². The summed E-state index contributed by atoms with van der Waals surface area (Å²) in [7, 11) is 0. The number of hydrogen-bond donors (Lipinski definition) is 2. The third-order valence-corrected chi connectivity index (χ3v) is 1.94. The smallest absolute Gasteiger partial charge is 0.449 e. The quantitative estimate of drug-likeness (QED) is 0.519. The summed E-state index contributed by atoms with van der Waals surface area (Å²) >= 11 is 0. The van der Waals surface area contributed by atoms with Crippen molar-refractivity contribution in [3.05, 3.63) is 23.8 Å². The maximum absolute atomic E-state index is 11.0. The van der Waals surface area contributed by atoms with E-state index in [0.717, 1.165) is 0 Å². The Kier molecular flexibility index (Phi) is 1.85. The highest BCUT2D eigenvalue weighted by atomic mass is 16.7. The molecule has 0 radical (unpaired) electrons. The van der Waals surface area contributed by atoms with E-state index in [1.54, 1.807) is 12.1 Å². The van der Waals surface area contributed by atoms with Crippen molar-refractivity contribution in [2.24, 2.45) is 0 Å². The van der Waals surface area contributed by atoms with Crippen LogP contribution < -0.4 is 10.1 Å². The van der Waals surface area contributed by atoms with E-state index in [2.05, 4.69) is 10.1 Å². The van der Waals surface area contributed by atoms with Crippen LogP contribution in [0.5, 0.6) is 5.75 Å². The minimum absolute atomic E-state index is 0.151. The van der Waals surface area contributed by atoms with Gasteiger partial charge in [-0.15, -0.1) is 0 Å². The third-order valence-electron chi connectivity index (χ3n) is 1.94. The molecule has 0 atom stereocenters. The van der Waals surface area contributed by atoms with Crippen molar-refractivity contribution in [1.29, 1.82) is 0 Å². The average Bonchev–Trinajstić information content (AvgIpc) is 2.45. The second-order valence-electron chi connectivity index (χ2n) is 2.88. The van der Waals surface area contributed by atoms with Crippen LogP contribution in [0.2, 0.25) is 0 Å². The van der Waals surface area contributed by atoms with Gasteiger partial charge in [0.15, 0.2) is 0 Å².